The minimum absolute atomic E-state index is 0.0746. The predicted molar refractivity (Wildman–Crippen MR) is 138 cm³/mol. The minimum Gasteiger partial charge on any atom is -0.368 e. The number of carbonyl (C=O) groups is 1. The molecule has 0 saturated carbocycles. The van der Waals surface area contributed by atoms with E-state index in [1.165, 1.54) is 0 Å². The van der Waals surface area contributed by atoms with Crippen molar-refractivity contribution in [2.24, 2.45) is 0 Å². The number of piperazine rings is 1. The molecule has 0 unspecified atom stereocenters. The first-order valence-corrected chi connectivity index (χ1v) is 11.8. The Kier molecular flexibility index (Phi) is 5.07. The minimum atomic E-state index is -0.0746. The summed E-state index contributed by atoms with van der Waals surface area (Å²) in [5, 5.41) is 0. The maximum atomic E-state index is 13.6. The lowest BCUT2D eigenvalue weighted by molar-refractivity contribution is 0.104. The highest BCUT2D eigenvalue weighted by Gasteiger charge is 2.34. The molecule has 6 rings (SSSR count). The van der Waals surface area contributed by atoms with Gasteiger partial charge in [-0.3, -0.25) is 4.79 Å². The molecule has 0 radical (unpaired) electrons. The third-order valence-corrected chi connectivity index (χ3v) is 6.91. The SMILES string of the molecule is Cc1cc(-c2cccc3c2-c2nc(N)nc(-c4ccccc4)c2C3=O)cnc1N1CCN(C)CC1. The Morgan fingerprint density at radius 2 is 1.54 bits per heavy atom. The molecule has 2 aromatic heterocycles. The van der Waals surface area contributed by atoms with E-state index in [9.17, 15) is 4.79 Å². The van der Waals surface area contributed by atoms with Gasteiger partial charge in [0.1, 0.15) is 5.82 Å². The second kappa shape index (κ2) is 8.29. The van der Waals surface area contributed by atoms with Gasteiger partial charge >= 0.3 is 0 Å². The maximum absolute atomic E-state index is 13.6. The van der Waals surface area contributed by atoms with Crippen LogP contribution in [0.3, 0.4) is 0 Å². The van der Waals surface area contributed by atoms with Gasteiger partial charge in [0.15, 0.2) is 5.78 Å². The number of nitrogens with zero attached hydrogens (tertiary/aromatic N) is 5. The number of fused-ring (bicyclic) bond motifs is 3. The molecule has 7 heteroatoms. The Morgan fingerprint density at radius 1 is 0.829 bits per heavy atom. The van der Waals surface area contributed by atoms with Crippen molar-refractivity contribution in [3.05, 3.63) is 77.5 Å². The molecular weight excluding hydrogens is 436 g/mol. The van der Waals surface area contributed by atoms with Crippen LogP contribution in [0.25, 0.3) is 33.6 Å². The Morgan fingerprint density at radius 3 is 2.29 bits per heavy atom. The topological polar surface area (TPSA) is 88.2 Å². The summed E-state index contributed by atoms with van der Waals surface area (Å²) < 4.78 is 0. The van der Waals surface area contributed by atoms with E-state index in [0.29, 0.717) is 22.5 Å². The van der Waals surface area contributed by atoms with E-state index >= 15 is 0 Å². The molecule has 1 fully saturated rings. The van der Waals surface area contributed by atoms with Crippen LogP contribution in [0.5, 0.6) is 0 Å². The first-order chi connectivity index (χ1) is 17.0. The van der Waals surface area contributed by atoms with E-state index in [2.05, 4.69) is 39.8 Å². The Balaban J connectivity index is 1.48. The number of anilines is 2. The van der Waals surface area contributed by atoms with Crippen molar-refractivity contribution in [1.29, 1.82) is 0 Å². The molecule has 1 aliphatic carbocycles. The number of aromatic nitrogens is 3. The van der Waals surface area contributed by atoms with Crippen molar-refractivity contribution in [3.63, 3.8) is 0 Å². The largest absolute Gasteiger partial charge is 0.368 e. The molecule has 1 aliphatic heterocycles. The normalized spacial score (nSPS) is 15.3. The van der Waals surface area contributed by atoms with Crippen molar-refractivity contribution < 1.29 is 4.79 Å². The van der Waals surface area contributed by atoms with Gasteiger partial charge in [0.2, 0.25) is 5.95 Å². The number of nitrogens with two attached hydrogens (primary N) is 1. The van der Waals surface area contributed by atoms with Crippen LogP contribution in [0.2, 0.25) is 0 Å². The maximum Gasteiger partial charge on any atom is 0.221 e. The van der Waals surface area contributed by atoms with Crippen LogP contribution in [0.1, 0.15) is 21.5 Å². The van der Waals surface area contributed by atoms with E-state index in [4.69, 9.17) is 10.7 Å². The zero-order chi connectivity index (χ0) is 24.1. The number of pyridine rings is 1. The fraction of sp³-hybridized carbons (Fsp3) is 0.214. The van der Waals surface area contributed by atoms with Gasteiger partial charge < -0.3 is 15.5 Å². The highest BCUT2D eigenvalue weighted by Crippen LogP contribution is 2.45. The number of likely N-dealkylation sites (N-methyl/N-ethyl adjacent to an activating group) is 1. The first kappa shape index (κ1) is 21.4. The summed E-state index contributed by atoms with van der Waals surface area (Å²) in [6.07, 6.45) is 1.90. The van der Waals surface area contributed by atoms with E-state index < -0.39 is 0 Å². The van der Waals surface area contributed by atoms with Crippen LogP contribution >= 0.6 is 0 Å². The molecule has 35 heavy (non-hydrogen) atoms. The summed E-state index contributed by atoms with van der Waals surface area (Å²) in [4.78, 5) is 32.1. The third-order valence-electron chi connectivity index (χ3n) is 6.91. The standard InChI is InChI=1S/C28H26N6O/c1-17-15-19(16-30-27(17)34-13-11-33(2)12-14-34)20-9-6-10-21-22(20)25-23(26(21)35)24(31-28(29)32-25)18-7-4-3-5-8-18/h3-10,15-16H,11-14H2,1-2H3,(H2,29,31,32). The number of nitrogen functional groups attached to an aromatic ring is 1. The number of carbonyl (C=O) groups excluding carboxylic acids is 1. The summed E-state index contributed by atoms with van der Waals surface area (Å²) in [5.74, 6) is 1.09. The first-order valence-electron chi connectivity index (χ1n) is 11.8. The van der Waals surface area contributed by atoms with Gasteiger partial charge in [0.25, 0.3) is 0 Å². The molecule has 1 saturated heterocycles. The molecule has 0 amide bonds. The lowest BCUT2D eigenvalue weighted by Gasteiger charge is -2.34. The molecular formula is C28H26N6O. The molecule has 3 heterocycles. The van der Waals surface area contributed by atoms with Crippen molar-refractivity contribution >= 4 is 17.5 Å². The number of hydrogen-bond donors (Lipinski definition) is 1. The van der Waals surface area contributed by atoms with Crippen LogP contribution < -0.4 is 10.6 Å². The fourth-order valence-electron chi connectivity index (χ4n) is 5.11. The lowest BCUT2D eigenvalue weighted by atomic mass is 9.96. The number of aryl methyl sites for hydroxylation is 1. The number of hydrogen-bond acceptors (Lipinski definition) is 7. The average Bonchev–Trinajstić information content (AvgIpc) is 3.16. The molecule has 2 N–H and O–H groups in total. The summed E-state index contributed by atoms with van der Waals surface area (Å²) in [6, 6.07) is 17.6. The zero-order valence-electron chi connectivity index (χ0n) is 19.8. The molecule has 0 spiro atoms. The number of ketones is 1. The second-order valence-electron chi connectivity index (χ2n) is 9.23. The summed E-state index contributed by atoms with van der Waals surface area (Å²) in [6.45, 7) is 6.08. The Bertz CT molecular complexity index is 1460. The molecule has 2 aliphatic rings. The van der Waals surface area contributed by atoms with E-state index in [1.54, 1.807) is 0 Å². The molecule has 0 bridgehead atoms. The molecule has 2 aromatic carbocycles. The van der Waals surface area contributed by atoms with Crippen LogP contribution in [0.15, 0.2) is 60.8 Å². The van der Waals surface area contributed by atoms with Gasteiger partial charge in [-0.05, 0) is 31.2 Å². The second-order valence-corrected chi connectivity index (χ2v) is 9.23. The quantitative estimate of drug-likeness (QED) is 0.433. The Labute approximate surface area is 204 Å². The van der Waals surface area contributed by atoms with Gasteiger partial charge in [0, 0.05) is 54.6 Å². The zero-order valence-corrected chi connectivity index (χ0v) is 19.8. The Hall–Kier alpha value is -4.10. The van der Waals surface area contributed by atoms with Crippen molar-refractivity contribution in [2.75, 3.05) is 43.9 Å². The summed E-state index contributed by atoms with van der Waals surface area (Å²) in [5.41, 5.74) is 13.1. The highest BCUT2D eigenvalue weighted by molar-refractivity contribution is 6.25. The fourth-order valence-corrected chi connectivity index (χ4v) is 5.11. The van der Waals surface area contributed by atoms with Crippen LogP contribution in [-0.4, -0.2) is 58.9 Å². The summed E-state index contributed by atoms with van der Waals surface area (Å²) in [7, 11) is 2.15. The van der Waals surface area contributed by atoms with Crippen molar-refractivity contribution in [1.82, 2.24) is 19.9 Å². The monoisotopic (exact) mass is 462 g/mol. The molecule has 0 atom stereocenters. The number of rotatable bonds is 3. The molecule has 7 nitrogen and oxygen atoms in total. The molecule has 4 aromatic rings. The van der Waals surface area contributed by atoms with Gasteiger partial charge in [-0.25, -0.2) is 15.0 Å². The van der Waals surface area contributed by atoms with E-state index in [0.717, 1.165) is 59.8 Å². The van der Waals surface area contributed by atoms with Crippen molar-refractivity contribution in [2.45, 2.75) is 6.92 Å². The number of benzene rings is 2. The van der Waals surface area contributed by atoms with Gasteiger partial charge in [0.05, 0.1) is 17.0 Å². The van der Waals surface area contributed by atoms with Gasteiger partial charge in [-0.15, -0.1) is 0 Å². The van der Waals surface area contributed by atoms with Gasteiger partial charge in [-0.1, -0.05) is 48.5 Å². The van der Waals surface area contributed by atoms with Gasteiger partial charge in [-0.2, -0.15) is 0 Å². The average molecular weight is 463 g/mol. The van der Waals surface area contributed by atoms with Crippen LogP contribution in [0.4, 0.5) is 11.8 Å². The predicted octanol–water partition coefficient (Wildman–Crippen LogP) is 4.06. The third kappa shape index (κ3) is 3.56. The van der Waals surface area contributed by atoms with E-state index in [1.807, 2.05) is 54.7 Å². The smallest absolute Gasteiger partial charge is 0.221 e. The van der Waals surface area contributed by atoms with Crippen LogP contribution in [0, 0.1) is 6.92 Å². The summed E-state index contributed by atoms with van der Waals surface area (Å²) >= 11 is 0. The van der Waals surface area contributed by atoms with Crippen molar-refractivity contribution in [3.8, 4) is 33.6 Å². The lowest BCUT2D eigenvalue weighted by Crippen LogP contribution is -2.45. The van der Waals surface area contributed by atoms with E-state index in [-0.39, 0.29) is 11.7 Å². The molecule has 174 valence electrons. The highest BCUT2D eigenvalue weighted by atomic mass is 16.1. The van der Waals surface area contributed by atoms with Crippen LogP contribution in [-0.2, 0) is 0 Å².